The number of para-hydroxylation sites is 2. The molecule has 0 spiro atoms. The van der Waals surface area contributed by atoms with Crippen LogP contribution in [0.2, 0.25) is 0 Å². The third-order valence-corrected chi connectivity index (χ3v) is 4.06. The summed E-state index contributed by atoms with van der Waals surface area (Å²) in [7, 11) is 3.82. The molecule has 5 heteroatoms. The first-order valence-electron chi connectivity index (χ1n) is 8.08. The van der Waals surface area contributed by atoms with E-state index in [9.17, 15) is 0 Å². The van der Waals surface area contributed by atoms with Crippen LogP contribution in [-0.2, 0) is 20.1 Å². The number of hydrogen-bond donors (Lipinski definition) is 2. The number of aryl methyl sites for hydroxylation is 2. The van der Waals surface area contributed by atoms with E-state index in [1.54, 1.807) is 7.05 Å². The van der Waals surface area contributed by atoms with Crippen LogP contribution < -0.4 is 10.6 Å². The van der Waals surface area contributed by atoms with Gasteiger partial charge in [0.15, 0.2) is 5.96 Å². The molecule has 0 amide bonds. The number of aliphatic imine (C=N–C) groups is 1. The van der Waals surface area contributed by atoms with Crippen LogP contribution in [0, 0.1) is 6.92 Å². The van der Waals surface area contributed by atoms with Crippen molar-refractivity contribution in [3.63, 3.8) is 0 Å². The van der Waals surface area contributed by atoms with Crippen molar-refractivity contribution in [2.45, 2.75) is 20.0 Å². The average Bonchev–Trinajstić information content (AvgIpc) is 2.92. The number of nitrogens with one attached hydrogen (secondary N) is 2. The van der Waals surface area contributed by atoms with E-state index in [1.807, 2.05) is 25.2 Å². The normalized spacial score (nSPS) is 11.7. The minimum absolute atomic E-state index is 0.624. The summed E-state index contributed by atoms with van der Waals surface area (Å²) in [4.78, 5) is 8.95. The smallest absolute Gasteiger partial charge is 0.191 e. The van der Waals surface area contributed by atoms with Gasteiger partial charge < -0.3 is 15.2 Å². The predicted molar refractivity (Wildman–Crippen MR) is 98.9 cm³/mol. The molecule has 3 aromatic rings. The van der Waals surface area contributed by atoms with E-state index < -0.39 is 0 Å². The summed E-state index contributed by atoms with van der Waals surface area (Å²) in [5.74, 6) is 1.75. The first-order chi connectivity index (χ1) is 11.7. The summed E-state index contributed by atoms with van der Waals surface area (Å²) in [5.41, 5.74) is 4.65. The number of nitrogens with zero attached hydrogens (tertiary/aromatic N) is 3. The van der Waals surface area contributed by atoms with Crippen LogP contribution in [0.15, 0.2) is 53.5 Å². The van der Waals surface area contributed by atoms with E-state index in [0.29, 0.717) is 6.54 Å². The lowest BCUT2D eigenvalue weighted by Gasteiger charge is -2.12. The quantitative estimate of drug-likeness (QED) is 0.574. The van der Waals surface area contributed by atoms with Crippen molar-refractivity contribution >= 4 is 17.0 Å². The molecule has 0 aliphatic carbocycles. The summed E-state index contributed by atoms with van der Waals surface area (Å²) in [6.07, 6.45) is 0. The minimum Gasteiger partial charge on any atom is -0.352 e. The van der Waals surface area contributed by atoms with Crippen LogP contribution in [0.25, 0.3) is 11.0 Å². The first-order valence-corrected chi connectivity index (χ1v) is 8.08. The van der Waals surface area contributed by atoms with Crippen molar-refractivity contribution < 1.29 is 0 Å². The number of imidazole rings is 1. The molecule has 2 N–H and O–H groups in total. The Morgan fingerprint density at radius 3 is 2.62 bits per heavy atom. The van der Waals surface area contributed by atoms with Gasteiger partial charge in [-0.2, -0.15) is 0 Å². The lowest BCUT2D eigenvalue weighted by Crippen LogP contribution is -2.36. The summed E-state index contributed by atoms with van der Waals surface area (Å²) in [6.45, 7) is 3.46. The first kappa shape index (κ1) is 16.1. The zero-order valence-corrected chi connectivity index (χ0v) is 14.4. The molecule has 0 fully saturated rings. The van der Waals surface area contributed by atoms with Crippen LogP contribution in [0.1, 0.15) is 17.0 Å². The minimum atomic E-state index is 0.624. The number of rotatable bonds is 4. The number of guanidine groups is 1. The zero-order chi connectivity index (χ0) is 16.9. The van der Waals surface area contributed by atoms with Gasteiger partial charge in [-0.05, 0) is 24.6 Å². The molecule has 124 valence electrons. The molecular weight excluding hydrogens is 298 g/mol. The van der Waals surface area contributed by atoms with Crippen molar-refractivity contribution in [1.29, 1.82) is 0 Å². The van der Waals surface area contributed by atoms with E-state index >= 15 is 0 Å². The highest BCUT2D eigenvalue weighted by Crippen LogP contribution is 2.13. The van der Waals surface area contributed by atoms with Crippen molar-refractivity contribution in [1.82, 2.24) is 20.2 Å². The number of fused-ring (bicyclic) bond motifs is 1. The van der Waals surface area contributed by atoms with Crippen molar-refractivity contribution in [3.05, 3.63) is 65.5 Å². The molecule has 0 saturated carbocycles. The molecule has 0 saturated heterocycles. The summed E-state index contributed by atoms with van der Waals surface area (Å²) in [6, 6.07) is 16.6. The fourth-order valence-electron chi connectivity index (χ4n) is 2.74. The van der Waals surface area contributed by atoms with Crippen LogP contribution in [0.3, 0.4) is 0 Å². The molecule has 0 aliphatic rings. The van der Waals surface area contributed by atoms with E-state index in [0.717, 1.165) is 29.4 Å². The molecule has 0 atom stereocenters. The number of hydrogen-bond acceptors (Lipinski definition) is 2. The Morgan fingerprint density at radius 2 is 1.88 bits per heavy atom. The average molecular weight is 321 g/mol. The number of aromatic nitrogens is 2. The Balaban J connectivity index is 1.62. The highest BCUT2D eigenvalue weighted by atomic mass is 15.2. The van der Waals surface area contributed by atoms with E-state index in [4.69, 9.17) is 0 Å². The highest BCUT2D eigenvalue weighted by Gasteiger charge is 2.07. The SMILES string of the molecule is CN=C(NCc1cccc(C)c1)NCc1nc2ccccc2n1C. The van der Waals surface area contributed by atoms with Crippen molar-refractivity contribution in [2.75, 3.05) is 7.05 Å². The van der Waals surface area contributed by atoms with Crippen molar-refractivity contribution in [3.8, 4) is 0 Å². The second-order valence-corrected chi connectivity index (χ2v) is 5.84. The molecule has 5 nitrogen and oxygen atoms in total. The molecule has 0 bridgehead atoms. The summed E-state index contributed by atoms with van der Waals surface area (Å²) in [5, 5.41) is 6.67. The van der Waals surface area contributed by atoms with Gasteiger partial charge in [0.05, 0.1) is 17.6 Å². The topological polar surface area (TPSA) is 54.2 Å². The third kappa shape index (κ3) is 3.56. The fraction of sp³-hybridized carbons (Fsp3) is 0.263. The molecule has 0 unspecified atom stereocenters. The zero-order valence-electron chi connectivity index (χ0n) is 14.4. The molecule has 3 rings (SSSR count). The van der Waals surface area contributed by atoms with Crippen LogP contribution >= 0.6 is 0 Å². The molecule has 0 radical (unpaired) electrons. The third-order valence-electron chi connectivity index (χ3n) is 4.06. The maximum atomic E-state index is 4.67. The Hall–Kier alpha value is -2.82. The Morgan fingerprint density at radius 1 is 1.08 bits per heavy atom. The van der Waals surface area contributed by atoms with Gasteiger partial charge >= 0.3 is 0 Å². The molecule has 2 aromatic carbocycles. The van der Waals surface area contributed by atoms with Gasteiger partial charge in [0, 0.05) is 20.6 Å². The monoisotopic (exact) mass is 321 g/mol. The Labute approximate surface area is 142 Å². The van der Waals surface area contributed by atoms with Gasteiger partial charge in [0.2, 0.25) is 0 Å². The van der Waals surface area contributed by atoms with Gasteiger partial charge in [-0.3, -0.25) is 4.99 Å². The van der Waals surface area contributed by atoms with Crippen molar-refractivity contribution in [2.24, 2.45) is 12.0 Å². The van der Waals surface area contributed by atoms with E-state index in [2.05, 4.69) is 62.4 Å². The van der Waals surface area contributed by atoms with Gasteiger partial charge in [0.25, 0.3) is 0 Å². The largest absolute Gasteiger partial charge is 0.352 e. The molecule has 24 heavy (non-hydrogen) atoms. The predicted octanol–water partition coefficient (Wildman–Crippen LogP) is 2.75. The second-order valence-electron chi connectivity index (χ2n) is 5.84. The van der Waals surface area contributed by atoms with Gasteiger partial charge in [-0.25, -0.2) is 4.98 Å². The highest BCUT2D eigenvalue weighted by molar-refractivity contribution is 5.80. The number of benzene rings is 2. The van der Waals surface area contributed by atoms with E-state index in [1.165, 1.54) is 11.1 Å². The fourth-order valence-corrected chi connectivity index (χ4v) is 2.74. The lowest BCUT2D eigenvalue weighted by molar-refractivity contribution is 0.736. The molecular formula is C19H23N5. The second kappa shape index (κ2) is 7.17. The Kier molecular flexibility index (Phi) is 4.79. The van der Waals surface area contributed by atoms with Gasteiger partial charge in [0.1, 0.15) is 5.82 Å². The molecule has 0 aliphatic heterocycles. The van der Waals surface area contributed by atoms with E-state index in [-0.39, 0.29) is 0 Å². The standard InChI is InChI=1S/C19H23N5/c1-14-7-6-8-15(11-14)12-21-19(20-2)22-13-18-23-16-9-4-5-10-17(16)24(18)3/h4-11H,12-13H2,1-3H3,(H2,20,21,22). The van der Waals surface area contributed by atoms with Gasteiger partial charge in [-0.15, -0.1) is 0 Å². The van der Waals surface area contributed by atoms with Crippen LogP contribution in [-0.4, -0.2) is 22.6 Å². The van der Waals surface area contributed by atoms with Gasteiger partial charge in [-0.1, -0.05) is 42.0 Å². The lowest BCUT2D eigenvalue weighted by atomic mass is 10.1. The Bertz CT molecular complexity index is 863. The summed E-state index contributed by atoms with van der Waals surface area (Å²) >= 11 is 0. The maximum absolute atomic E-state index is 4.67. The maximum Gasteiger partial charge on any atom is 0.191 e. The molecule has 1 heterocycles. The summed E-state index contributed by atoms with van der Waals surface area (Å²) < 4.78 is 2.11. The van der Waals surface area contributed by atoms with Crippen LogP contribution in [0.5, 0.6) is 0 Å². The molecule has 1 aromatic heterocycles. The van der Waals surface area contributed by atoms with Crippen LogP contribution in [0.4, 0.5) is 0 Å².